The summed E-state index contributed by atoms with van der Waals surface area (Å²) in [5.41, 5.74) is -0.495. The van der Waals surface area contributed by atoms with Crippen molar-refractivity contribution >= 4 is 17.5 Å². The first-order chi connectivity index (χ1) is 12.5. The number of carbonyl (C=O) groups is 2. The Morgan fingerprint density at radius 1 is 1.19 bits per heavy atom. The van der Waals surface area contributed by atoms with E-state index in [9.17, 15) is 14.0 Å². The predicted molar refractivity (Wildman–Crippen MR) is 96.6 cm³/mol. The molecule has 0 radical (unpaired) electrons. The quantitative estimate of drug-likeness (QED) is 0.838. The van der Waals surface area contributed by atoms with Gasteiger partial charge in [0, 0.05) is 13.1 Å². The number of ether oxygens (including phenoxy) is 1. The molecule has 136 valence electrons. The van der Waals surface area contributed by atoms with Gasteiger partial charge in [0.2, 0.25) is 0 Å². The average molecular weight is 356 g/mol. The summed E-state index contributed by atoms with van der Waals surface area (Å²) in [5.74, 6) is -0.779. The largest absolute Gasteiger partial charge is 0.466 e. The predicted octanol–water partition coefficient (Wildman–Crippen LogP) is 2.69. The molecule has 5 nitrogen and oxygen atoms in total. The number of halogens is 1. The fraction of sp³-hybridized carbons (Fsp3) is 0.300. The highest BCUT2D eigenvalue weighted by molar-refractivity contribution is 6.16. The van der Waals surface area contributed by atoms with E-state index in [0.29, 0.717) is 30.0 Å². The first kappa shape index (κ1) is 17.9. The molecule has 6 heteroatoms. The van der Waals surface area contributed by atoms with Crippen molar-refractivity contribution in [3.05, 3.63) is 59.9 Å². The van der Waals surface area contributed by atoms with E-state index in [2.05, 4.69) is 5.32 Å². The van der Waals surface area contributed by atoms with Gasteiger partial charge in [0.1, 0.15) is 11.6 Å². The maximum Gasteiger partial charge on any atom is 0.280 e. The Labute approximate surface area is 151 Å². The van der Waals surface area contributed by atoms with Gasteiger partial charge in [-0.1, -0.05) is 30.3 Å². The molecule has 0 saturated heterocycles. The van der Waals surface area contributed by atoms with Crippen LogP contribution in [0.1, 0.15) is 19.4 Å². The van der Waals surface area contributed by atoms with Gasteiger partial charge >= 0.3 is 0 Å². The molecule has 0 bridgehead atoms. The van der Waals surface area contributed by atoms with Crippen LogP contribution in [0.5, 0.6) is 5.75 Å². The number of likely N-dealkylation sites (N-methyl/N-ethyl adjacent to an activating group) is 1. The van der Waals surface area contributed by atoms with Crippen LogP contribution in [0.4, 0.5) is 10.1 Å². The molecule has 1 aliphatic rings. The number of fused-ring (bicyclic) bond motifs is 1. The number of rotatable bonds is 5. The lowest BCUT2D eigenvalue weighted by Gasteiger charge is -2.39. The van der Waals surface area contributed by atoms with Crippen LogP contribution in [0, 0.1) is 5.82 Å². The molecule has 2 amide bonds. The van der Waals surface area contributed by atoms with Crippen LogP contribution in [0.15, 0.2) is 48.5 Å². The van der Waals surface area contributed by atoms with Crippen molar-refractivity contribution in [2.45, 2.75) is 25.9 Å². The van der Waals surface area contributed by atoms with Crippen LogP contribution in [-0.2, 0) is 16.0 Å². The highest BCUT2D eigenvalue weighted by atomic mass is 19.1. The highest BCUT2D eigenvalue weighted by Gasteiger charge is 2.50. The molecule has 1 unspecified atom stereocenters. The van der Waals surface area contributed by atoms with Gasteiger partial charge in [0.25, 0.3) is 17.4 Å². The number of para-hydroxylation sites is 2. The first-order valence-electron chi connectivity index (χ1n) is 8.59. The molecule has 0 aromatic heterocycles. The fourth-order valence-electron chi connectivity index (χ4n) is 3.03. The summed E-state index contributed by atoms with van der Waals surface area (Å²) in [6.45, 7) is 3.94. The van der Waals surface area contributed by atoms with E-state index in [1.54, 1.807) is 36.4 Å². The third-order valence-electron chi connectivity index (χ3n) is 4.51. The van der Waals surface area contributed by atoms with E-state index >= 15 is 0 Å². The average Bonchev–Trinajstić information content (AvgIpc) is 2.64. The van der Waals surface area contributed by atoms with Crippen molar-refractivity contribution in [1.82, 2.24) is 5.32 Å². The molecule has 1 atom stereocenters. The Kier molecular flexibility index (Phi) is 4.93. The van der Waals surface area contributed by atoms with Crippen molar-refractivity contribution in [1.29, 1.82) is 0 Å². The topological polar surface area (TPSA) is 58.6 Å². The number of amides is 2. The Morgan fingerprint density at radius 2 is 1.88 bits per heavy atom. The third kappa shape index (κ3) is 3.14. The van der Waals surface area contributed by atoms with Crippen LogP contribution in [0.2, 0.25) is 0 Å². The number of nitrogens with one attached hydrogen (secondary N) is 1. The number of hydrogen-bond donors (Lipinski definition) is 1. The van der Waals surface area contributed by atoms with Gasteiger partial charge < -0.3 is 15.0 Å². The van der Waals surface area contributed by atoms with E-state index in [-0.39, 0.29) is 12.4 Å². The minimum Gasteiger partial charge on any atom is -0.466 e. The summed E-state index contributed by atoms with van der Waals surface area (Å²) in [6, 6.07) is 13.5. The Balaban J connectivity index is 1.74. The van der Waals surface area contributed by atoms with Crippen LogP contribution < -0.4 is 15.0 Å². The van der Waals surface area contributed by atoms with E-state index in [1.807, 2.05) is 13.0 Å². The normalized spacial score (nSPS) is 18.9. The minimum absolute atomic E-state index is 0.208. The molecule has 2 aromatic carbocycles. The number of anilines is 1. The second kappa shape index (κ2) is 7.15. The van der Waals surface area contributed by atoms with Crippen molar-refractivity contribution in [2.24, 2.45) is 0 Å². The summed E-state index contributed by atoms with van der Waals surface area (Å²) in [4.78, 5) is 27.1. The van der Waals surface area contributed by atoms with Crippen LogP contribution in [0.25, 0.3) is 0 Å². The van der Waals surface area contributed by atoms with Gasteiger partial charge in [0.15, 0.2) is 0 Å². The summed E-state index contributed by atoms with van der Waals surface area (Å²) in [7, 11) is 0. The second-order valence-corrected chi connectivity index (χ2v) is 6.25. The Hall–Kier alpha value is -2.89. The molecular formula is C20H21FN2O3. The Bertz CT molecular complexity index is 839. The fourth-order valence-corrected chi connectivity index (χ4v) is 3.03. The molecule has 1 heterocycles. The van der Waals surface area contributed by atoms with Gasteiger partial charge in [-0.2, -0.15) is 0 Å². The molecule has 26 heavy (non-hydrogen) atoms. The SMILES string of the molecule is CCN1C(=O)C(C)(C(=O)NCCc2ccccc2F)Oc2ccccc21. The maximum absolute atomic E-state index is 13.7. The summed E-state index contributed by atoms with van der Waals surface area (Å²) in [5, 5.41) is 2.70. The van der Waals surface area contributed by atoms with Crippen molar-refractivity contribution < 1.29 is 18.7 Å². The summed E-state index contributed by atoms with van der Waals surface area (Å²) in [6.07, 6.45) is 0.330. The second-order valence-electron chi connectivity index (χ2n) is 6.25. The van der Waals surface area contributed by atoms with Crippen LogP contribution >= 0.6 is 0 Å². The molecule has 3 rings (SSSR count). The zero-order valence-electron chi connectivity index (χ0n) is 14.8. The molecule has 1 N–H and O–H groups in total. The van der Waals surface area contributed by atoms with Gasteiger partial charge in [-0.3, -0.25) is 9.59 Å². The summed E-state index contributed by atoms with van der Waals surface area (Å²) >= 11 is 0. The lowest BCUT2D eigenvalue weighted by molar-refractivity contribution is -0.148. The monoisotopic (exact) mass is 356 g/mol. The molecule has 0 fully saturated rings. The van der Waals surface area contributed by atoms with Gasteiger partial charge in [-0.05, 0) is 44.0 Å². The molecule has 2 aromatic rings. The lowest BCUT2D eigenvalue weighted by atomic mass is 9.99. The smallest absolute Gasteiger partial charge is 0.280 e. The summed E-state index contributed by atoms with van der Waals surface area (Å²) < 4.78 is 19.4. The zero-order chi connectivity index (χ0) is 18.7. The lowest BCUT2D eigenvalue weighted by Crippen LogP contribution is -2.62. The molecule has 0 spiro atoms. The number of nitrogens with zero attached hydrogens (tertiary/aromatic N) is 1. The standard InChI is InChI=1S/C20H21FN2O3/c1-3-23-16-10-6-7-11-17(16)26-20(2,19(23)25)18(24)22-13-12-14-8-4-5-9-15(14)21/h4-11H,3,12-13H2,1-2H3,(H,22,24). The molecule has 1 aliphatic heterocycles. The van der Waals surface area contributed by atoms with Crippen molar-refractivity contribution in [3.8, 4) is 5.75 Å². The highest BCUT2D eigenvalue weighted by Crippen LogP contribution is 2.37. The van der Waals surface area contributed by atoms with E-state index in [4.69, 9.17) is 4.74 Å². The number of hydrogen-bond acceptors (Lipinski definition) is 3. The molecular weight excluding hydrogens is 335 g/mol. The zero-order valence-corrected chi connectivity index (χ0v) is 14.8. The van der Waals surface area contributed by atoms with Crippen LogP contribution in [-0.4, -0.2) is 30.5 Å². The van der Waals surface area contributed by atoms with Crippen LogP contribution in [0.3, 0.4) is 0 Å². The minimum atomic E-state index is -1.65. The maximum atomic E-state index is 13.7. The van der Waals surface area contributed by atoms with Crippen molar-refractivity contribution in [2.75, 3.05) is 18.0 Å². The van der Waals surface area contributed by atoms with E-state index in [1.165, 1.54) is 17.9 Å². The van der Waals surface area contributed by atoms with Gasteiger partial charge in [-0.25, -0.2) is 4.39 Å². The number of carbonyl (C=O) groups excluding carboxylic acids is 2. The van der Waals surface area contributed by atoms with Crippen molar-refractivity contribution in [3.63, 3.8) is 0 Å². The third-order valence-corrected chi connectivity index (χ3v) is 4.51. The number of benzene rings is 2. The Morgan fingerprint density at radius 3 is 2.62 bits per heavy atom. The molecule has 0 saturated carbocycles. The molecule has 0 aliphatic carbocycles. The van der Waals surface area contributed by atoms with Gasteiger partial charge in [0.05, 0.1) is 5.69 Å². The van der Waals surface area contributed by atoms with Gasteiger partial charge in [-0.15, -0.1) is 0 Å². The van der Waals surface area contributed by atoms with E-state index in [0.717, 1.165) is 0 Å². The van der Waals surface area contributed by atoms with E-state index < -0.39 is 17.4 Å². The first-order valence-corrected chi connectivity index (χ1v) is 8.59.